The van der Waals surface area contributed by atoms with Gasteiger partial charge in [-0.1, -0.05) is 40.5 Å². The van der Waals surface area contributed by atoms with Gasteiger partial charge in [0.1, 0.15) is 0 Å². The maximum Gasteiger partial charge on any atom is -0.00182 e. The molecule has 0 bridgehead atoms. The van der Waals surface area contributed by atoms with Crippen LogP contribution in [-0.4, -0.2) is 6.54 Å². The van der Waals surface area contributed by atoms with Gasteiger partial charge in [-0.2, -0.15) is 0 Å². The molecule has 12 heavy (non-hydrogen) atoms. The molecule has 0 saturated heterocycles. The van der Waals surface area contributed by atoms with Crippen molar-refractivity contribution >= 4 is 0 Å². The van der Waals surface area contributed by atoms with Crippen LogP contribution < -0.4 is 5.73 Å². The first-order valence-corrected chi connectivity index (χ1v) is 5.33. The van der Waals surface area contributed by atoms with Gasteiger partial charge in [0.2, 0.25) is 0 Å². The van der Waals surface area contributed by atoms with Crippen molar-refractivity contribution < 1.29 is 0 Å². The maximum atomic E-state index is 5.86. The Labute approximate surface area is 77.7 Å². The normalized spacial score (nSPS) is 16.5. The van der Waals surface area contributed by atoms with Gasteiger partial charge in [0.15, 0.2) is 0 Å². The van der Waals surface area contributed by atoms with Crippen LogP contribution in [0, 0.1) is 11.3 Å². The summed E-state index contributed by atoms with van der Waals surface area (Å²) in [5.41, 5.74) is 6.27. The molecule has 0 heterocycles. The standard InChI is InChI=1S/C11H25N/c1-5-7-8-11(6-2,9-12)10(3)4/h10H,5-9,12H2,1-4H3. The number of hydrogen-bond acceptors (Lipinski definition) is 1. The number of hydrogen-bond donors (Lipinski definition) is 1. The SMILES string of the molecule is CCCCC(CC)(CN)C(C)C. The lowest BCUT2D eigenvalue weighted by Gasteiger charge is -2.35. The van der Waals surface area contributed by atoms with Crippen molar-refractivity contribution in [3.63, 3.8) is 0 Å². The topological polar surface area (TPSA) is 26.0 Å². The largest absolute Gasteiger partial charge is 0.330 e. The summed E-state index contributed by atoms with van der Waals surface area (Å²) in [5, 5.41) is 0. The maximum absolute atomic E-state index is 5.86. The third-order valence-electron chi connectivity index (χ3n) is 3.36. The van der Waals surface area contributed by atoms with Gasteiger partial charge in [0, 0.05) is 0 Å². The lowest BCUT2D eigenvalue weighted by molar-refractivity contribution is 0.168. The number of nitrogens with two attached hydrogens (primary N) is 1. The van der Waals surface area contributed by atoms with Crippen LogP contribution in [0.3, 0.4) is 0 Å². The molecule has 1 nitrogen and oxygen atoms in total. The molecule has 0 aromatic carbocycles. The summed E-state index contributed by atoms with van der Waals surface area (Å²) in [5.74, 6) is 0.721. The second-order valence-corrected chi connectivity index (χ2v) is 4.18. The molecule has 74 valence electrons. The Hall–Kier alpha value is -0.0400. The molecule has 0 aliphatic rings. The lowest BCUT2D eigenvalue weighted by atomic mass is 9.71. The molecule has 0 aromatic heterocycles. The third-order valence-corrected chi connectivity index (χ3v) is 3.36. The van der Waals surface area contributed by atoms with Gasteiger partial charge in [-0.25, -0.2) is 0 Å². The van der Waals surface area contributed by atoms with E-state index < -0.39 is 0 Å². The van der Waals surface area contributed by atoms with Crippen LogP contribution in [0.25, 0.3) is 0 Å². The van der Waals surface area contributed by atoms with Crippen LogP contribution in [-0.2, 0) is 0 Å². The van der Waals surface area contributed by atoms with Gasteiger partial charge < -0.3 is 5.73 Å². The van der Waals surface area contributed by atoms with Crippen LogP contribution in [0.1, 0.15) is 53.4 Å². The summed E-state index contributed by atoms with van der Waals surface area (Å²) in [6, 6.07) is 0. The molecule has 1 atom stereocenters. The first-order chi connectivity index (χ1) is 5.63. The fourth-order valence-corrected chi connectivity index (χ4v) is 1.88. The Morgan fingerprint density at radius 2 is 1.83 bits per heavy atom. The van der Waals surface area contributed by atoms with Crippen LogP contribution in [0.4, 0.5) is 0 Å². The van der Waals surface area contributed by atoms with E-state index in [0.717, 1.165) is 12.5 Å². The molecule has 0 amide bonds. The minimum absolute atomic E-state index is 0.413. The van der Waals surface area contributed by atoms with E-state index >= 15 is 0 Å². The van der Waals surface area contributed by atoms with Crippen molar-refractivity contribution in [2.45, 2.75) is 53.4 Å². The summed E-state index contributed by atoms with van der Waals surface area (Å²) < 4.78 is 0. The Balaban J connectivity index is 4.15. The van der Waals surface area contributed by atoms with E-state index in [1.165, 1.54) is 25.7 Å². The third kappa shape index (κ3) is 2.78. The van der Waals surface area contributed by atoms with Crippen molar-refractivity contribution in [2.24, 2.45) is 17.1 Å². The Bertz CT molecular complexity index is 104. The molecule has 0 aromatic rings. The molecule has 0 aliphatic heterocycles. The van der Waals surface area contributed by atoms with Gasteiger partial charge in [0.05, 0.1) is 0 Å². The van der Waals surface area contributed by atoms with Gasteiger partial charge in [-0.05, 0) is 30.7 Å². The van der Waals surface area contributed by atoms with E-state index in [9.17, 15) is 0 Å². The van der Waals surface area contributed by atoms with Crippen molar-refractivity contribution in [2.75, 3.05) is 6.54 Å². The predicted octanol–water partition coefficient (Wildman–Crippen LogP) is 3.19. The second-order valence-electron chi connectivity index (χ2n) is 4.18. The molecule has 1 unspecified atom stereocenters. The zero-order valence-electron chi connectivity index (χ0n) is 9.19. The fraction of sp³-hybridized carbons (Fsp3) is 1.00. The average molecular weight is 171 g/mol. The van der Waals surface area contributed by atoms with Gasteiger partial charge in [0.25, 0.3) is 0 Å². The van der Waals surface area contributed by atoms with E-state index in [4.69, 9.17) is 5.73 Å². The highest BCUT2D eigenvalue weighted by Gasteiger charge is 2.29. The minimum Gasteiger partial charge on any atom is -0.330 e. The molecule has 0 aliphatic carbocycles. The molecule has 1 heteroatoms. The summed E-state index contributed by atoms with van der Waals surface area (Å²) in [4.78, 5) is 0. The van der Waals surface area contributed by atoms with Gasteiger partial charge >= 0.3 is 0 Å². The van der Waals surface area contributed by atoms with Crippen LogP contribution in [0.15, 0.2) is 0 Å². The summed E-state index contributed by atoms with van der Waals surface area (Å²) in [6.07, 6.45) is 5.13. The molecular formula is C11H25N. The molecule has 0 fully saturated rings. The van der Waals surface area contributed by atoms with Crippen LogP contribution in [0.5, 0.6) is 0 Å². The Kier molecular flexibility index (Phi) is 5.56. The second kappa shape index (κ2) is 5.58. The Morgan fingerprint density at radius 3 is 2.08 bits per heavy atom. The van der Waals surface area contributed by atoms with Crippen molar-refractivity contribution in [3.8, 4) is 0 Å². The zero-order valence-corrected chi connectivity index (χ0v) is 9.19. The average Bonchev–Trinajstić information content (AvgIpc) is 2.07. The van der Waals surface area contributed by atoms with E-state index in [-0.39, 0.29) is 0 Å². The quantitative estimate of drug-likeness (QED) is 0.652. The minimum atomic E-state index is 0.413. The summed E-state index contributed by atoms with van der Waals surface area (Å²) in [7, 11) is 0. The zero-order chi connectivity index (χ0) is 9.61. The molecule has 0 spiro atoms. The molecule has 0 saturated carbocycles. The van der Waals surface area contributed by atoms with Crippen LogP contribution >= 0.6 is 0 Å². The fourth-order valence-electron chi connectivity index (χ4n) is 1.88. The molecular weight excluding hydrogens is 146 g/mol. The first kappa shape index (κ1) is 12.0. The van der Waals surface area contributed by atoms with E-state index in [2.05, 4.69) is 27.7 Å². The first-order valence-electron chi connectivity index (χ1n) is 5.33. The smallest absolute Gasteiger partial charge is 0.00182 e. The Morgan fingerprint density at radius 1 is 1.25 bits per heavy atom. The van der Waals surface area contributed by atoms with E-state index in [0.29, 0.717) is 5.41 Å². The number of rotatable bonds is 6. The highest BCUT2D eigenvalue weighted by molar-refractivity contribution is 4.81. The number of unbranched alkanes of at least 4 members (excludes halogenated alkanes) is 1. The van der Waals surface area contributed by atoms with Gasteiger partial charge in [-0.15, -0.1) is 0 Å². The molecule has 0 rings (SSSR count). The van der Waals surface area contributed by atoms with Gasteiger partial charge in [-0.3, -0.25) is 0 Å². The van der Waals surface area contributed by atoms with E-state index in [1.54, 1.807) is 0 Å². The summed E-state index contributed by atoms with van der Waals surface area (Å²) in [6.45, 7) is 9.96. The van der Waals surface area contributed by atoms with Crippen molar-refractivity contribution in [1.82, 2.24) is 0 Å². The van der Waals surface area contributed by atoms with Crippen molar-refractivity contribution in [1.29, 1.82) is 0 Å². The summed E-state index contributed by atoms with van der Waals surface area (Å²) >= 11 is 0. The van der Waals surface area contributed by atoms with E-state index in [1.807, 2.05) is 0 Å². The monoisotopic (exact) mass is 171 g/mol. The predicted molar refractivity (Wildman–Crippen MR) is 56.1 cm³/mol. The highest BCUT2D eigenvalue weighted by Crippen LogP contribution is 2.35. The van der Waals surface area contributed by atoms with Crippen LogP contribution in [0.2, 0.25) is 0 Å². The molecule has 2 N–H and O–H groups in total. The highest BCUT2D eigenvalue weighted by atomic mass is 14.6. The molecule has 0 radical (unpaired) electrons. The van der Waals surface area contributed by atoms with Crippen molar-refractivity contribution in [3.05, 3.63) is 0 Å². The lowest BCUT2D eigenvalue weighted by Crippen LogP contribution is -2.35.